The van der Waals surface area contributed by atoms with Crippen molar-refractivity contribution in [3.8, 4) is 0 Å². The Balaban J connectivity index is 1.68. The number of ether oxygens (including phenoxy) is 1. The maximum atomic E-state index is 5.65. The van der Waals surface area contributed by atoms with Gasteiger partial charge in [0.1, 0.15) is 0 Å². The van der Waals surface area contributed by atoms with Crippen LogP contribution in [0.4, 0.5) is 0 Å². The topological polar surface area (TPSA) is 9.23 Å². The molecule has 3 rings (SSSR count). The van der Waals surface area contributed by atoms with Gasteiger partial charge in [-0.05, 0) is 70.4 Å². The fraction of sp³-hybridized carbons (Fsp3) is 0.500. The molecule has 1 aliphatic carbocycles. The van der Waals surface area contributed by atoms with Gasteiger partial charge in [-0.3, -0.25) is 0 Å². The molecule has 1 fully saturated rings. The molecule has 1 atom stereocenters. The van der Waals surface area contributed by atoms with Crippen molar-refractivity contribution in [2.24, 2.45) is 5.92 Å². The van der Waals surface area contributed by atoms with Gasteiger partial charge >= 0.3 is 0 Å². The van der Waals surface area contributed by atoms with Crippen LogP contribution in [0.25, 0.3) is 10.1 Å². The van der Waals surface area contributed by atoms with Gasteiger partial charge in [0, 0.05) is 20.6 Å². The minimum atomic E-state index is 0.457. The number of fused-ring (bicyclic) bond motifs is 1. The Labute approximate surface area is 141 Å². The molecule has 1 aromatic heterocycles. The van der Waals surface area contributed by atoms with E-state index in [1.165, 1.54) is 39.4 Å². The predicted molar refractivity (Wildman–Crippen MR) is 93.9 cm³/mol. The molecule has 0 amide bonds. The number of thiophene rings is 1. The molecule has 1 unspecified atom stereocenters. The first-order valence-corrected chi connectivity index (χ1v) is 9.69. The van der Waals surface area contributed by atoms with Gasteiger partial charge in [-0.1, -0.05) is 28.1 Å². The van der Waals surface area contributed by atoms with Crippen molar-refractivity contribution in [1.29, 1.82) is 0 Å². The SMILES string of the molecule is CCOC1CC(CC(Br)c2csc3c(Br)cccc23)C1. The fourth-order valence-electron chi connectivity index (χ4n) is 2.94. The van der Waals surface area contributed by atoms with E-state index in [-0.39, 0.29) is 0 Å². The Kier molecular flexibility index (Phi) is 4.86. The van der Waals surface area contributed by atoms with Crippen LogP contribution in [0.5, 0.6) is 0 Å². The molecule has 1 aliphatic rings. The Morgan fingerprint density at radius 2 is 2.20 bits per heavy atom. The van der Waals surface area contributed by atoms with E-state index < -0.39 is 0 Å². The van der Waals surface area contributed by atoms with E-state index in [0.717, 1.165) is 12.5 Å². The second-order valence-corrected chi connectivity index (χ2v) is 8.26. The highest BCUT2D eigenvalue weighted by Crippen LogP contribution is 2.44. The van der Waals surface area contributed by atoms with Crippen LogP contribution in [0.15, 0.2) is 28.1 Å². The van der Waals surface area contributed by atoms with Gasteiger partial charge in [0.05, 0.1) is 6.10 Å². The van der Waals surface area contributed by atoms with Gasteiger partial charge in [0.15, 0.2) is 0 Å². The molecule has 0 bridgehead atoms. The molecule has 1 nitrogen and oxygen atoms in total. The molecule has 108 valence electrons. The predicted octanol–water partition coefficient (Wildman–Crippen LogP) is 6.31. The summed E-state index contributed by atoms with van der Waals surface area (Å²) >= 11 is 9.36. The van der Waals surface area contributed by atoms with E-state index in [1.807, 2.05) is 11.3 Å². The van der Waals surface area contributed by atoms with Crippen LogP contribution in [-0.4, -0.2) is 12.7 Å². The molecule has 2 aromatic rings. The summed E-state index contributed by atoms with van der Waals surface area (Å²) in [5.41, 5.74) is 1.44. The lowest BCUT2D eigenvalue weighted by atomic mass is 9.78. The van der Waals surface area contributed by atoms with Crippen LogP contribution in [0, 0.1) is 5.92 Å². The second-order valence-electron chi connectivity index (χ2n) is 5.43. The van der Waals surface area contributed by atoms with Crippen molar-refractivity contribution in [1.82, 2.24) is 0 Å². The molecule has 1 saturated carbocycles. The van der Waals surface area contributed by atoms with Crippen molar-refractivity contribution < 1.29 is 4.74 Å². The largest absolute Gasteiger partial charge is 0.378 e. The van der Waals surface area contributed by atoms with Crippen LogP contribution >= 0.6 is 43.2 Å². The third kappa shape index (κ3) is 2.99. The third-order valence-corrected chi connectivity index (χ3v) is 6.89. The summed E-state index contributed by atoms with van der Waals surface area (Å²) in [6.07, 6.45) is 4.17. The van der Waals surface area contributed by atoms with Gasteiger partial charge < -0.3 is 4.74 Å². The average Bonchev–Trinajstić information content (AvgIpc) is 2.81. The van der Waals surface area contributed by atoms with Crippen molar-refractivity contribution in [3.63, 3.8) is 0 Å². The van der Waals surface area contributed by atoms with Gasteiger partial charge in [0.25, 0.3) is 0 Å². The van der Waals surface area contributed by atoms with E-state index in [0.29, 0.717) is 10.9 Å². The number of hydrogen-bond donors (Lipinski definition) is 0. The summed E-state index contributed by atoms with van der Waals surface area (Å²) in [5, 5.41) is 3.68. The minimum absolute atomic E-state index is 0.457. The molecular formula is C16H18Br2OS. The second kappa shape index (κ2) is 6.47. The highest BCUT2D eigenvalue weighted by Gasteiger charge is 2.31. The summed E-state index contributed by atoms with van der Waals surface area (Å²) in [4.78, 5) is 0.457. The summed E-state index contributed by atoms with van der Waals surface area (Å²) in [7, 11) is 0. The van der Waals surface area contributed by atoms with Gasteiger partial charge in [-0.2, -0.15) is 0 Å². The van der Waals surface area contributed by atoms with E-state index in [4.69, 9.17) is 4.74 Å². The highest BCUT2D eigenvalue weighted by molar-refractivity contribution is 9.10. The van der Waals surface area contributed by atoms with Gasteiger partial charge in [-0.25, -0.2) is 0 Å². The third-order valence-electron chi connectivity index (χ3n) is 4.05. The van der Waals surface area contributed by atoms with Crippen molar-refractivity contribution in [3.05, 3.63) is 33.6 Å². The van der Waals surface area contributed by atoms with Crippen LogP contribution < -0.4 is 0 Å². The van der Waals surface area contributed by atoms with Gasteiger partial charge in [0.2, 0.25) is 0 Å². The van der Waals surface area contributed by atoms with Crippen LogP contribution in [0.3, 0.4) is 0 Å². The molecule has 0 aliphatic heterocycles. The molecule has 0 radical (unpaired) electrons. The Hall–Kier alpha value is 0.100. The van der Waals surface area contributed by atoms with E-state index in [1.54, 1.807) is 0 Å². The van der Waals surface area contributed by atoms with Crippen LogP contribution in [0.2, 0.25) is 0 Å². The van der Waals surface area contributed by atoms with Gasteiger partial charge in [-0.15, -0.1) is 11.3 Å². The standard InChI is InChI=1S/C16H18Br2OS/c1-2-19-11-6-10(7-11)8-15(18)13-9-20-16-12(13)4-3-5-14(16)17/h3-5,9-11,15H,2,6-8H2,1H3. The van der Waals surface area contributed by atoms with E-state index >= 15 is 0 Å². The monoisotopic (exact) mass is 416 g/mol. The summed E-state index contributed by atoms with van der Waals surface area (Å²) < 4.78 is 8.20. The zero-order chi connectivity index (χ0) is 14.1. The summed E-state index contributed by atoms with van der Waals surface area (Å²) in [6, 6.07) is 6.46. The Morgan fingerprint density at radius 1 is 1.40 bits per heavy atom. The molecule has 20 heavy (non-hydrogen) atoms. The molecule has 0 spiro atoms. The molecule has 1 heterocycles. The molecule has 4 heteroatoms. The Morgan fingerprint density at radius 3 is 2.95 bits per heavy atom. The number of rotatable bonds is 5. The minimum Gasteiger partial charge on any atom is -0.378 e. The van der Waals surface area contributed by atoms with Crippen LogP contribution in [-0.2, 0) is 4.74 Å². The van der Waals surface area contributed by atoms with Crippen molar-refractivity contribution in [2.45, 2.75) is 37.1 Å². The first kappa shape index (κ1) is 15.0. The average molecular weight is 418 g/mol. The molecular weight excluding hydrogens is 400 g/mol. The smallest absolute Gasteiger partial charge is 0.0580 e. The number of alkyl halides is 1. The summed E-state index contributed by atoms with van der Waals surface area (Å²) in [5.74, 6) is 0.804. The maximum absolute atomic E-state index is 5.65. The molecule has 0 N–H and O–H groups in total. The first-order chi connectivity index (χ1) is 9.69. The van der Waals surface area contributed by atoms with E-state index in [9.17, 15) is 0 Å². The number of halogens is 2. The lowest BCUT2D eigenvalue weighted by Crippen LogP contribution is -2.31. The van der Waals surface area contributed by atoms with E-state index in [2.05, 4.69) is 62.4 Å². The Bertz CT molecular complexity index is 589. The zero-order valence-corrected chi connectivity index (χ0v) is 15.4. The number of benzene rings is 1. The fourth-order valence-corrected chi connectivity index (χ4v) is 5.70. The number of hydrogen-bond acceptors (Lipinski definition) is 2. The first-order valence-electron chi connectivity index (χ1n) is 7.10. The van der Waals surface area contributed by atoms with Crippen molar-refractivity contribution >= 4 is 53.3 Å². The molecule has 0 saturated heterocycles. The zero-order valence-electron chi connectivity index (χ0n) is 11.4. The quantitative estimate of drug-likeness (QED) is 0.518. The normalized spacial score (nSPS) is 23.8. The lowest BCUT2D eigenvalue weighted by Gasteiger charge is -2.36. The maximum Gasteiger partial charge on any atom is 0.0580 e. The van der Waals surface area contributed by atoms with Crippen LogP contribution in [0.1, 0.15) is 36.6 Å². The highest BCUT2D eigenvalue weighted by atomic mass is 79.9. The van der Waals surface area contributed by atoms with Crippen molar-refractivity contribution in [2.75, 3.05) is 6.61 Å². The molecule has 1 aromatic carbocycles. The lowest BCUT2D eigenvalue weighted by molar-refractivity contribution is -0.0264. The summed E-state index contributed by atoms with van der Waals surface area (Å²) in [6.45, 7) is 2.92.